The predicted molar refractivity (Wildman–Crippen MR) is 126 cm³/mol. The number of carbonyl (C=O) groups excluding carboxylic acids is 2. The van der Waals surface area contributed by atoms with Crippen molar-refractivity contribution in [3.05, 3.63) is 0 Å². The molecular weight excluding hydrogens is 421 g/mol. The molecule has 1 saturated heterocycles. The lowest BCUT2D eigenvalue weighted by Crippen LogP contribution is -2.50. The smallest absolute Gasteiger partial charge is 0.237 e. The maximum absolute atomic E-state index is 13.8. The van der Waals surface area contributed by atoms with Crippen molar-refractivity contribution in [3.63, 3.8) is 0 Å². The highest BCUT2D eigenvalue weighted by molar-refractivity contribution is 5.82. The minimum Gasteiger partial charge on any atom is -0.387 e. The first kappa shape index (κ1) is 24.4. The third-order valence-corrected chi connectivity index (χ3v) is 9.05. The molecule has 1 heterocycles. The van der Waals surface area contributed by atoms with E-state index < -0.39 is 6.17 Å². The highest BCUT2D eigenvalue weighted by atomic mass is 19.1. The summed E-state index contributed by atoms with van der Waals surface area (Å²) in [5.41, 5.74) is 11.4. The van der Waals surface area contributed by atoms with Gasteiger partial charge in [-0.1, -0.05) is 6.42 Å². The molecule has 0 bridgehead atoms. The Hall–Kier alpha value is -1.70. The summed E-state index contributed by atoms with van der Waals surface area (Å²) >= 11 is 0. The lowest BCUT2D eigenvalue weighted by Gasteiger charge is -2.39. The van der Waals surface area contributed by atoms with Crippen LogP contribution in [0.3, 0.4) is 0 Å². The maximum Gasteiger partial charge on any atom is 0.237 e. The van der Waals surface area contributed by atoms with Crippen LogP contribution in [-0.4, -0.2) is 53.9 Å². The molecular formula is C25H42FN5O2. The predicted octanol–water partition coefficient (Wildman–Crippen LogP) is 2.72. The highest BCUT2D eigenvalue weighted by Gasteiger charge is 2.48. The van der Waals surface area contributed by atoms with Crippen molar-refractivity contribution >= 4 is 17.6 Å². The molecule has 6 atom stereocenters. The van der Waals surface area contributed by atoms with E-state index in [1.165, 1.54) is 0 Å². The van der Waals surface area contributed by atoms with Crippen molar-refractivity contribution in [2.24, 2.45) is 41.1 Å². The van der Waals surface area contributed by atoms with Crippen LogP contribution in [0.1, 0.15) is 77.0 Å². The van der Waals surface area contributed by atoms with Gasteiger partial charge in [-0.15, -0.1) is 0 Å². The number of likely N-dealkylation sites (tertiary alicyclic amines) is 1. The fourth-order valence-corrected chi connectivity index (χ4v) is 7.05. The van der Waals surface area contributed by atoms with Gasteiger partial charge in [0.1, 0.15) is 6.17 Å². The van der Waals surface area contributed by atoms with Crippen LogP contribution in [0, 0.1) is 35.0 Å². The van der Waals surface area contributed by atoms with E-state index in [1.54, 1.807) is 0 Å². The first-order chi connectivity index (χ1) is 15.8. The number of amidine groups is 1. The lowest BCUT2D eigenvalue weighted by atomic mass is 9.77. The van der Waals surface area contributed by atoms with Gasteiger partial charge < -0.3 is 16.8 Å². The van der Waals surface area contributed by atoms with Crippen LogP contribution in [-0.2, 0) is 9.59 Å². The zero-order chi connectivity index (χ0) is 23.5. The Kier molecular flexibility index (Phi) is 7.92. The second kappa shape index (κ2) is 10.7. The lowest BCUT2D eigenvalue weighted by molar-refractivity contribution is -0.126. The van der Waals surface area contributed by atoms with Gasteiger partial charge in [0.05, 0.1) is 11.9 Å². The Balaban J connectivity index is 1.41. The number of nitrogens with one attached hydrogen (secondary N) is 2. The Bertz CT molecular complexity index is 726. The van der Waals surface area contributed by atoms with Gasteiger partial charge in [-0.25, -0.2) is 4.39 Å². The summed E-state index contributed by atoms with van der Waals surface area (Å²) in [6.07, 6.45) is 9.62. The molecule has 0 spiro atoms. The van der Waals surface area contributed by atoms with Gasteiger partial charge in [0.25, 0.3) is 0 Å². The number of primary amides is 1. The number of amides is 2. The van der Waals surface area contributed by atoms with E-state index >= 15 is 0 Å². The van der Waals surface area contributed by atoms with Crippen molar-refractivity contribution in [2.45, 2.75) is 95.3 Å². The number of alkyl halides is 1. The van der Waals surface area contributed by atoms with Crippen LogP contribution >= 0.6 is 0 Å². The van der Waals surface area contributed by atoms with Gasteiger partial charge in [0.2, 0.25) is 11.8 Å². The standard InChI is InChI=1S/C25H42FN5O2/c26-20-3-1-2-16(10-20)13-30-25(33)22-11-18-8-9-19(23(27)28)12-21(18)31(22)14-15-4-6-17(7-5-15)24(29)32/h15-22H,1-14H2,(H3,27,28)(H2,29,32)(H,30,33). The van der Waals surface area contributed by atoms with E-state index in [9.17, 15) is 14.0 Å². The van der Waals surface area contributed by atoms with Crippen LogP contribution in [0.2, 0.25) is 0 Å². The molecule has 4 rings (SSSR count). The number of hydrogen-bond donors (Lipinski definition) is 4. The van der Waals surface area contributed by atoms with Crippen LogP contribution < -0.4 is 16.8 Å². The quantitative estimate of drug-likeness (QED) is 0.342. The summed E-state index contributed by atoms with van der Waals surface area (Å²) in [4.78, 5) is 27.3. The van der Waals surface area contributed by atoms with Gasteiger partial charge in [0.15, 0.2) is 0 Å². The minimum atomic E-state index is -0.731. The van der Waals surface area contributed by atoms with Gasteiger partial charge in [0, 0.05) is 31.0 Å². The topological polar surface area (TPSA) is 125 Å². The Morgan fingerprint density at radius 3 is 2.30 bits per heavy atom. The third-order valence-electron chi connectivity index (χ3n) is 9.05. The van der Waals surface area contributed by atoms with Gasteiger partial charge in [-0.05, 0) is 88.4 Å². The Morgan fingerprint density at radius 2 is 1.64 bits per heavy atom. The number of hydrogen-bond acceptors (Lipinski definition) is 4. The molecule has 4 aliphatic rings. The SMILES string of the molecule is N=C(N)C1CCC2CC(C(=O)NCC3CCCC(F)C3)N(CC3CCC(C(N)=O)CC3)C2C1. The van der Waals surface area contributed by atoms with Crippen LogP contribution in [0.25, 0.3) is 0 Å². The molecule has 6 N–H and O–H groups in total. The summed E-state index contributed by atoms with van der Waals surface area (Å²) < 4.78 is 13.8. The summed E-state index contributed by atoms with van der Waals surface area (Å²) in [6, 6.07) is 0.117. The van der Waals surface area contributed by atoms with Gasteiger partial charge in [-0.2, -0.15) is 0 Å². The monoisotopic (exact) mass is 463 g/mol. The molecule has 33 heavy (non-hydrogen) atoms. The first-order valence-electron chi connectivity index (χ1n) is 13.1. The molecule has 8 heteroatoms. The first-order valence-corrected chi connectivity index (χ1v) is 13.1. The molecule has 2 amide bonds. The minimum absolute atomic E-state index is 0.0155. The van der Waals surface area contributed by atoms with Crippen molar-refractivity contribution < 1.29 is 14.0 Å². The Labute approximate surface area is 197 Å². The molecule has 4 fully saturated rings. The molecule has 3 aliphatic carbocycles. The summed E-state index contributed by atoms with van der Waals surface area (Å²) in [7, 11) is 0. The fraction of sp³-hybridized carbons (Fsp3) is 0.880. The van der Waals surface area contributed by atoms with Crippen molar-refractivity contribution in [3.8, 4) is 0 Å². The second-order valence-corrected chi connectivity index (χ2v) is 11.2. The molecule has 3 saturated carbocycles. The van der Waals surface area contributed by atoms with E-state index in [0.717, 1.165) is 70.8 Å². The van der Waals surface area contributed by atoms with Crippen LogP contribution in [0.4, 0.5) is 4.39 Å². The molecule has 0 aromatic rings. The van der Waals surface area contributed by atoms with E-state index in [1.807, 2.05) is 0 Å². The molecule has 0 aromatic heterocycles. The average molecular weight is 464 g/mol. The van der Waals surface area contributed by atoms with E-state index in [0.29, 0.717) is 31.2 Å². The number of rotatable bonds is 7. The zero-order valence-corrected chi connectivity index (χ0v) is 19.8. The number of fused-ring (bicyclic) bond motifs is 1. The summed E-state index contributed by atoms with van der Waals surface area (Å²) in [5, 5.41) is 11.1. The maximum atomic E-state index is 13.8. The van der Waals surface area contributed by atoms with E-state index in [-0.39, 0.29) is 47.5 Å². The average Bonchev–Trinajstić information content (AvgIpc) is 3.15. The second-order valence-electron chi connectivity index (χ2n) is 11.2. The molecule has 0 aromatic carbocycles. The van der Waals surface area contributed by atoms with E-state index in [2.05, 4.69) is 10.2 Å². The molecule has 7 nitrogen and oxygen atoms in total. The zero-order valence-electron chi connectivity index (χ0n) is 19.8. The fourth-order valence-electron chi connectivity index (χ4n) is 7.05. The normalized spacial score (nSPS) is 39.5. The molecule has 1 aliphatic heterocycles. The number of halogens is 1. The highest BCUT2D eigenvalue weighted by Crippen LogP contribution is 2.43. The number of carbonyl (C=O) groups is 2. The van der Waals surface area contributed by atoms with Crippen molar-refractivity contribution in [1.29, 1.82) is 5.41 Å². The van der Waals surface area contributed by atoms with Crippen molar-refractivity contribution in [2.75, 3.05) is 13.1 Å². The van der Waals surface area contributed by atoms with Crippen LogP contribution in [0.15, 0.2) is 0 Å². The third kappa shape index (κ3) is 5.87. The molecule has 6 unspecified atom stereocenters. The summed E-state index contributed by atoms with van der Waals surface area (Å²) in [6.45, 7) is 1.42. The Morgan fingerprint density at radius 1 is 0.909 bits per heavy atom. The van der Waals surface area contributed by atoms with Gasteiger partial charge in [-0.3, -0.25) is 19.9 Å². The number of nitrogens with two attached hydrogens (primary N) is 2. The van der Waals surface area contributed by atoms with Crippen molar-refractivity contribution in [1.82, 2.24) is 10.2 Å². The largest absolute Gasteiger partial charge is 0.387 e. The number of nitrogens with zero attached hydrogens (tertiary/aromatic N) is 1. The van der Waals surface area contributed by atoms with E-state index in [4.69, 9.17) is 16.9 Å². The molecule has 0 radical (unpaired) electrons. The van der Waals surface area contributed by atoms with Gasteiger partial charge >= 0.3 is 0 Å². The van der Waals surface area contributed by atoms with Crippen LogP contribution in [0.5, 0.6) is 0 Å². The summed E-state index contributed by atoms with van der Waals surface area (Å²) in [5.74, 6) is 1.39. The molecule has 186 valence electrons.